The van der Waals surface area contributed by atoms with Crippen LogP contribution in [0, 0.1) is 40.4 Å². The normalized spacial score (nSPS) is 47.3. The van der Waals surface area contributed by atoms with E-state index in [0.717, 1.165) is 42.4 Å². The Morgan fingerprint density at radius 2 is 1.93 bits per heavy atom. The van der Waals surface area contributed by atoms with Gasteiger partial charge in [-0.25, -0.2) is 0 Å². The van der Waals surface area contributed by atoms with Crippen LogP contribution in [0.1, 0.15) is 92.4 Å². The molecule has 0 spiro atoms. The van der Waals surface area contributed by atoms with Crippen LogP contribution in [0.5, 0.6) is 0 Å². The third kappa shape index (κ3) is 3.17. The van der Waals surface area contributed by atoms with Crippen molar-refractivity contribution in [3.05, 3.63) is 23.3 Å². The highest BCUT2D eigenvalue weighted by Crippen LogP contribution is 2.67. The maximum Gasteiger partial charge on any atom is 0.0577 e. The third-order valence-electron chi connectivity index (χ3n) is 9.74. The SMILES string of the molecule is CC(C)=CCC(C)[C@H]1CC[C@H]2[C@@H]3CC=C4C[C@@H](O)CC[C@]4(C)[C@H]3CC[C@]12C. The smallest absolute Gasteiger partial charge is 0.0577 e. The van der Waals surface area contributed by atoms with E-state index in [-0.39, 0.29) is 6.10 Å². The average molecular weight is 371 g/mol. The molecular formula is C26H42O. The molecule has 152 valence electrons. The summed E-state index contributed by atoms with van der Waals surface area (Å²) < 4.78 is 0. The van der Waals surface area contributed by atoms with Gasteiger partial charge in [0.1, 0.15) is 0 Å². The van der Waals surface area contributed by atoms with Gasteiger partial charge in [-0.2, -0.15) is 0 Å². The van der Waals surface area contributed by atoms with E-state index in [1.54, 1.807) is 5.57 Å². The fourth-order valence-corrected chi connectivity index (χ4v) is 8.20. The first-order valence-electron chi connectivity index (χ1n) is 11.8. The van der Waals surface area contributed by atoms with Crippen molar-refractivity contribution in [3.63, 3.8) is 0 Å². The minimum absolute atomic E-state index is 0.0819. The first kappa shape index (κ1) is 19.7. The second-order valence-electron chi connectivity index (χ2n) is 11.4. The second kappa shape index (κ2) is 7.05. The van der Waals surface area contributed by atoms with Gasteiger partial charge in [0.2, 0.25) is 0 Å². The first-order chi connectivity index (χ1) is 12.8. The Morgan fingerprint density at radius 1 is 1.15 bits per heavy atom. The molecule has 4 rings (SSSR count). The van der Waals surface area contributed by atoms with Crippen molar-refractivity contribution in [2.24, 2.45) is 40.4 Å². The van der Waals surface area contributed by atoms with Gasteiger partial charge in [0.15, 0.2) is 0 Å². The monoisotopic (exact) mass is 370 g/mol. The molecule has 1 nitrogen and oxygen atoms in total. The maximum absolute atomic E-state index is 10.2. The molecule has 0 aromatic carbocycles. The van der Waals surface area contributed by atoms with Crippen molar-refractivity contribution in [2.45, 2.75) is 98.5 Å². The molecule has 8 atom stereocenters. The second-order valence-corrected chi connectivity index (χ2v) is 11.4. The number of aliphatic hydroxyl groups excluding tert-OH is 1. The van der Waals surface area contributed by atoms with Crippen LogP contribution >= 0.6 is 0 Å². The molecule has 1 N–H and O–H groups in total. The molecule has 4 aliphatic carbocycles. The molecule has 3 fully saturated rings. The van der Waals surface area contributed by atoms with Crippen molar-refractivity contribution < 1.29 is 5.11 Å². The highest BCUT2D eigenvalue weighted by atomic mass is 16.3. The largest absolute Gasteiger partial charge is 0.393 e. The summed E-state index contributed by atoms with van der Waals surface area (Å²) in [6.07, 6.45) is 16.5. The summed E-state index contributed by atoms with van der Waals surface area (Å²) in [5, 5.41) is 10.2. The van der Waals surface area contributed by atoms with E-state index >= 15 is 0 Å². The van der Waals surface area contributed by atoms with Gasteiger partial charge in [0, 0.05) is 0 Å². The summed E-state index contributed by atoms with van der Waals surface area (Å²) in [6, 6.07) is 0. The number of fused-ring (bicyclic) bond motifs is 5. The van der Waals surface area contributed by atoms with E-state index in [2.05, 4.69) is 46.8 Å². The molecule has 1 heteroatoms. The fourth-order valence-electron chi connectivity index (χ4n) is 8.20. The first-order valence-corrected chi connectivity index (χ1v) is 11.8. The number of rotatable bonds is 3. The summed E-state index contributed by atoms with van der Waals surface area (Å²) in [6.45, 7) is 12.2. The van der Waals surface area contributed by atoms with Crippen LogP contribution in [0.4, 0.5) is 0 Å². The summed E-state index contributed by atoms with van der Waals surface area (Å²) in [5.74, 6) is 4.42. The van der Waals surface area contributed by atoms with Crippen molar-refractivity contribution in [1.82, 2.24) is 0 Å². The van der Waals surface area contributed by atoms with Gasteiger partial charge in [0.05, 0.1) is 6.10 Å². The lowest BCUT2D eigenvalue weighted by molar-refractivity contribution is -0.0565. The predicted molar refractivity (Wildman–Crippen MR) is 114 cm³/mol. The molecule has 0 aromatic heterocycles. The zero-order chi connectivity index (χ0) is 19.4. The van der Waals surface area contributed by atoms with E-state index in [1.807, 2.05) is 0 Å². The lowest BCUT2D eigenvalue weighted by atomic mass is 9.47. The van der Waals surface area contributed by atoms with E-state index < -0.39 is 0 Å². The van der Waals surface area contributed by atoms with Crippen LogP contribution in [0.25, 0.3) is 0 Å². The Kier molecular flexibility index (Phi) is 5.15. The van der Waals surface area contributed by atoms with Crippen molar-refractivity contribution in [2.75, 3.05) is 0 Å². The molecule has 0 aromatic rings. The van der Waals surface area contributed by atoms with Crippen molar-refractivity contribution >= 4 is 0 Å². The molecule has 4 aliphatic rings. The highest BCUT2D eigenvalue weighted by molar-refractivity contribution is 5.25. The summed E-state index contributed by atoms with van der Waals surface area (Å²) >= 11 is 0. The molecule has 0 saturated heterocycles. The Bertz CT molecular complexity index is 626. The summed E-state index contributed by atoms with van der Waals surface area (Å²) in [4.78, 5) is 0. The quantitative estimate of drug-likeness (QED) is 0.535. The molecule has 0 heterocycles. The third-order valence-corrected chi connectivity index (χ3v) is 9.74. The van der Waals surface area contributed by atoms with Crippen LogP contribution in [0.2, 0.25) is 0 Å². The number of allylic oxidation sites excluding steroid dienone is 3. The van der Waals surface area contributed by atoms with Crippen LogP contribution in [-0.2, 0) is 0 Å². The highest BCUT2D eigenvalue weighted by Gasteiger charge is 2.58. The molecule has 3 saturated carbocycles. The molecular weight excluding hydrogens is 328 g/mol. The minimum Gasteiger partial charge on any atom is -0.393 e. The molecule has 1 unspecified atom stereocenters. The standard InChI is InChI=1S/C26H42O/c1-17(2)6-7-18(3)22-10-11-23-21-9-8-19-16-20(27)12-14-25(19,4)24(21)13-15-26(22,23)5/h6,8,18,20-24,27H,7,9-16H2,1-5H3/t18?,20-,21-,22+,23-,24-,25-,26+/m0/s1. The van der Waals surface area contributed by atoms with E-state index in [1.165, 1.54) is 50.5 Å². The van der Waals surface area contributed by atoms with Gasteiger partial charge >= 0.3 is 0 Å². The molecule has 0 aliphatic heterocycles. The Labute approximate surface area is 167 Å². The van der Waals surface area contributed by atoms with Gasteiger partial charge < -0.3 is 5.11 Å². The Balaban J connectivity index is 1.56. The van der Waals surface area contributed by atoms with Gasteiger partial charge in [-0.05, 0) is 112 Å². The van der Waals surface area contributed by atoms with E-state index in [0.29, 0.717) is 10.8 Å². The van der Waals surface area contributed by atoms with Gasteiger partial charge in [-0.1, -0.05) is 44.1 Å². The van der Waals surface area contributed by atoms with E-state index in [4.69, 9.17) is 0 Å². The lowest BCUT2D eigenvalue weighted by Gasteiger charge is -2.58. The number of hydrogen-bond donors (Lipinski definition) is 1. The maximum atomic E-state index is 10.2. The average Bonchev–Trinajstić information content (AvgIpc) is 2.97. The minimum atomic E-state index is -0.0819. The molecule has 27 heavy (non-hydrogen) atoms. The lowest BCUT2D eigenvalue weighted by Crippen LogP contribution is -2.50. The van der Waals surface area contributed by atoms with Gasteiger partial charge in [-0.15, -0.1) is 0 Å². The van der Waals surface area contributed by atoms with Crippen molar-refractivity contribution in [1.29, 1.82) is 0 Å². The van der Waals surface area contributed by atoms with Crippen LogP contribution in [-0.4, -0.2) is 11.2 Å². The topological polar surface area (TPSA) is 20.2 Å². The van der Waals surface area contributed by atoms with E-state index in [9.17, 15) is 5.11 Å². The number of aliphatic hydroxyl groups is 1. The van der Waals surface area contributed by atoms with Crippen LogP contribution in [0.15, 0.2) is 23.3 Å². The number of hydrogen-bond acceptors (Lipinski definition) is 1. The predicted octanol–water partition coefficient (Wildman–Crippen LogP) is 6.92. The zero-order valence-corrected chi connectivity index (χ0v) is 18.4. The van der Waals surface area contributed by atoms with Gasteiger partial charge in [0.25, 0.3) is 0 Å². The Morgan fingerprint density at radius 3 is 2.67 bits per heavy atom. The van der Waals surface area contributed by atoms with Crippen molar-refractivity contribution in [3.8, 4) is 0 Å². The zero-order valence-electron chi connectivity index (χ0n) is 18.4. The molecule has 0 amide bonds. The molecule has 0 bridgehead atoms. The summed E-state index contributed by atoms with van der Waals surface area (Å²) in [7, 11) is 0. The molecule has 0 radical (unpaired) electrons. The summed E-state index contributed by atoms with van der Waals surface area (Å²) in [5.41, 5.74) is 4.03. The van der Waals surface area contributed by atoms with Gasteiger partial charge in [-0.3, -0.25) is 0 Å². The fraction of sp³-hybridized carbons (Fsp3) is 0.846. The Hall–Kier alpha value is -0.560. The van der Waals surface area contributed by atoms with Crippen LogP contribution in [0.3, 0.4) is 0 Å². The van der Waals surface area contributed by atoms with Crippen LogP contribution < -0.4 is 0 Å².